The standard InChI is InChI=1S/C12H15BrF2N2O3S/c1-4-17(6(2)3)12(18)9-8(14)5-7(13)11(10(9)15)21(16,19)20/h5-6H,4H2,1-3H3,(H2,16,19,20). The highest BCUT2D eigenvalue weighted by Crippen LogP contribution is 2.29. The van der Waals surface area contributed by atoms with Crippen LogP contribution in [0.3, 0.4) is 0 Å². The minimum atomic E-state index is -4.45. The summed E-state index contributed by atoms with van der Waals surface area (Å²) in [5, 5.41) is 4.90. The van der Waals surface area contributed by atoms with Gasteiger partial charge in [0.05, 0.1) is 0 Å². The smallest absolute Gasteiger partial charge is 0.260 e. The number of amides is 1. The SMILES string of the molecule is CCN(C(=O)c1c(F)cc(Br)c(S(N)(=O)=O)c1F)C(C)C. The minimum Gasteiger partial charge on any atom is -0.336 e. The molecular weight excluding hydrogens is 370 g/mol. The molecule has 0 spiro atoms. The summed E-state index contributed by atoms with van der Waals surface area (Å²) in [6.07, 6.45) is 0. The number of nitrogens with zero attached hydrogens (tertiary/aromatic N) is 1. The van der Waals surface area contributed by atoms with E-state index in [1.807, 2.05) is 0 Å². The second-order valence-corrected chi connectivity index (χ2v) is 6.94. The second kappa shape index (κ2) is 6.37. The van der Waals surface area contributed by atoms with Crippen molar-refractivity contribution in [1.82, 2.24) is 4.90 Å². The Labute approximate surface area is 130 Å². The molecule has 0 aliphatic carbocycles. The van der Waals surface area contributed by atoms with Crippen LogP contribution >= 0.6 is 15.9 Å². The largest absolute Gasteiger partial charge is 0.336 e. The summed E-state index contributed by atoms with van der Waals surface area (Å²) in [7, 11) is -4.45. The normalized spacial score (nSPS) is 11.8. The van der Waals surface area contributed by atoms with E-state index in [2.05, 4.69) is 15.9 Å². The van der Waals surface area contributed by atoms with Crippen molar-refractivity contribution in [2.75, 3.05) is 6.54 Å². The number of hydrogen-bond acceptors (Lipinski definition) is 3. The molecule has 0 saturated carbocycles. The van der Waals surface area contributed by atoms with E-state index in [0.29, 0.717) is 6.07 Å². The van der Waals surface area contributed by atoms with Gasteiger partial charge in [0.15, 0.2) is 5.82 Å². The molecule has 1 aromatic rings. The highest BCUT2D eigenvalue weighted by molar-refractivity contribution is 9.10. The van der Waals surface area contributed by atoms with Crippen molar-refractivity contribution >= 4 is 31.9 Å². The molecule has 0 atom stereocenters. The highest BCUT2D eigenvalue weighted by Gasteiger charge is 2.31. The van der Waals surface area contributed by atoms with Crippen molar-refractivity contribution in [2.45, 2.75) is 31.7 Å². The van der Waals surface area contributed by atoms with Gasteiger partial charge in [-0.05, 0) is 42.8 Å². The fourth-order valence-electron chi connectivity index (χ4n) is 1.92. The lowest BCUT2D eigenvalue weighted by atomic mass is 10.1. The number of hydrogen-bond donors (Lipinski definition) is 1. The average molecular weight is 385 g/mol. The lowest BCUT2D eigenvalue weighted by Gasteiger charge is -2.25. The highest BCUT2D eigenvalue weighted by atomic mass is 79.9. The average Bonchev–Trinajstić information content (AvgIpc) is 2.25. The Morgan fingerprint density at radius 3 is 2.33 bits per heavy atom. The molecule has 118 valence electrons. The predicted octanol–water partition coefficient (Wildman–Crippen LogP) is 2.25. The Morgan fingerprint density at radius 1 is 1.43 bits per heavy atom. The first-order valence-corrected chi connectivity index (χ1v) is 8.37. The maximum atomic E-state index is 14.3. The summed E-state index contributed by atoms with van der Waals surface area (Å²) in [6, 6.07) is 0.410. The van der Waals surface area contributed by atoms with Crippen LogP contribution in [-0.4, -0.2) is 31.8 Å². The molecule has 9 heteroatoms. The van der Waals surface area contributed by atoms with E-state index in [4.69, 9.17) is 5.14 Å². The van der Waals surface area contributed by atoms with Crippen LogP contribution in [0.4, 0.5) is 8.78 Å². The van der Waals surface area contributed by atoms with Crippen molar-refractivity contribution in [2.24, 2.45) is 5.14 Å². The van der Waals surface area contributed by atoms with E-state index in [-0.39, 0.29) is 17.1 Å². The van der Waals surface area contributed by atoms with Gasteiger partial charge in [-0.1, -0.05) is 0 Å². The molecule has 1 rings (SSSR count). The molecule has 0 heterocycles. The van der Waals surface area contributed by atoms with Crippen LogP contribution in [0, 0.1) is 11.6 Å². The Morgan fingerprint density at radius 2 is 1.95 bits per heavy atom. The van der Waals surface area contributed by atoms with Crippen LogP contribution in [0.1, 0.15) is 31.1 Å². The number of benzene rings is 1. The molecule has 0 fully saturated rings. The summed E-state index contributed by atoms with van der Waals surface area (Å²) in [5.41, 5.74) is -0.933. The molecule has 0 aliphatic rings. The first-order valence-electron chi connectivity index (χ1n) is 6.03. The topological polar surface area (TPSA) is 80.5 Å². The van der Waals surface area contributed by atoms with Gasteiger partial charge in [0.1, 0.15) is 16.3 Å². The third-order valence-corrected chi connectivity index (χ3v) is 4.71. The van der Waals surface area contributed by atoms with Gasteiger partial charge in [-0.15, -0.1) is 0 Å². The van der Waals surface area contributed by atoms with Crippen LogP contribution in [0.25, 0.3) is 0 Å². The van der Waals surface area contributed by atoms with Crippen molar-refractivity contribution in [3.63, 3.8) is 0 Å². The number of primary sulfonamides is 1. The summed E-state index contributed by atoms with van der Waals surface area (Å²) in [4.78, 5) is 12.5. The van der Waals surface area contributed by atoms with Gasteiger partial charge in [0.2, 0.25) is 10.0 Å². The quantitative estimate of drug-likeness (QED) is 0.863. The summed E-state index contributed by atoms with van der Waals surface area (Å²) >= 11 is 2.74. The van der Waals surface area contributed by atoms with E-state index >= 15 is 0 Å². The van der Waals surface area contributed by atoms with Crippen LogP contribution in [0.15, 0.2) is 15.4 Å². The zero-order chi connectivity index (χ0) is 16.5. The number of nitrogens with two attached hydrogens (primary N) is 1. The lowest BCUT2D eigenvalue weighted by molar-refractivity contribution is 0.0706. The molecule has 2 N–H and O–H groups in total. The number of carbonyl (C=O) groups excluding carboxylic acids is 1. The number of rotatable bonds is 4. The third kappa shape index (κ3) is 3.58. The molecule has 0 unspecified atom stereocenters. The molecule has 5 nitrogen and oxygen atoms in total. The van der Waals surface area contributed by atoms with Crippen molar-refractivity contribution in [3.05, 3.63) is 27.7 Å². The zero-order valence-electron chi connectivity index (χ0n) is 11.7. The van der Waals surface area contributed by atoms with E-state index in [1.165, 1.54) is 4.90 Å². The van der Waals surface area contributed by atoms with E-state index in [1.54, 1.807) is 20.8 Å². The van der Waals surface area contributed by atoms with Gasteiger partial charge < -0.3 is 4.90 Å². The number of sulfonamides is 1. The van der Waals surface area contributed by atoms with Gasteiger partial charge in [-0.25, -0.2) is 22.3 Å². The molecule has 0 saturated heterocycles. The molecule has 0 aromatic heterocycles. The first kappa shape index (κ1) is 18.0. The van der Waals surface area contributed by atoms with Crippen LogP contribution in [0.2, 0.25) is 0 Å². The Bertz CT molecular complexity index is 678. The van der Waals surface area contributed by atoms with Gasteiger partial charge in [0.25, 0.3) is 5.91 Å². The minimum absolute atomic E-state index is 0.218. The molecule has 21 heavy (non-hydrogen) atoms. The first-order chi connectivity index (χ1) is 9.52. The maximum Gasteiger partial charge on any atom is 0.260 e. The molecule has 1 aromatic carbocycles. The van der Waals surface area contributed by atoms with Gasteiger partial charge in [-0.2, -0.15) is 0 Å². The molecule has 0 radical (unpaired) electrons. The fraction of sp³-hybridized carbons (Fsp3) is 0.417. The Kier molecular flexibility index (Phi) is 5.46. The van der Waals surface area contributed by atoms with Crippen LogP contribution < -0.4 is 5.14 Å². The number of halogens is 3. The van der Waals surface area contributed by atoms with Crippen LogP contribution in [0.5, 0.6) is 0 Å². The summed E-state index contributed by atoms with van der Waals surface area (Å²) in [6.45, 7) is 5.22. The zero-order valence-corrected chi connectivity index (χ0v) is 14.1. The fourth-order valence-corrected chi connectivity index (χ4v) is 3.65. The van der Waals surface area contributed by atoms with Crippen molar-refractivity contribution < 1.29 is 22.0 Å². The third-order valence-electron chi connectivity index (χ3n) is 2.85. The summed E-state index contributed by atoms with van der Waals surface area (Å²) < 4.78 is 50.7. The van der Waals surface area contributed by atoms with Crippen molar-refractivity contribution in [3.8, 4) is 0 Å². The van der Waals surface area contributed by atoms with Gasteiger partial charge >= 0.3 is 0 Å². The van der Waals surface area contributed by atoms with Crippen LogP contribution in [-0.2, 0) is 10.0 Å². The molecular formula is C12H15BrF2N2O3S. The van der Waals surface area contributed by atoms with E-state index in [0.717, 1.165) is 0 Å². The molecule has 1 amide bonds. The monoisotopic (exact) mass is 384 g/mol. The molecule has 0 bridgehead atoms. The Balaban J connectivity index is 3.62. The lowest BCUT2D eigenvalue weighted by Crippen LogP contribution is -2.38. The number of carbonyl (C=O) groups is 1. The second-order valence-electron chi connectivity index (χ2n) is 4.59. The van der Waals surface area contributed by atoms with Gasteiger partial charge in [0, 0.05) is 17.1 Å². The predicted molar refractivity (Wildman–Crippen MR) is 77.3 cm³/mol. The maximum absolute atomic E-state index is 14.3. The van der Waals surface area contributed by atoms with E-state index < -0.39 is 38.0 Å². The molecule has 0 aliphatic heterocycles. The van der Waals surface area contributed by atoms with Gasteiger partial charge in [-0.3, -0.25) is 4.79 Å². The summed E-state index contributed by atoms with van der Waals surface area (Å²) in [5.74, 6) is -3.58. The van der Waals surface area contributed by atoms with E-state index in [9.17, 15) is 22.0 Å². The Hall–Kier alpha value is -1.06. The van der Waals surface area contributed by atoms with Crippen molar-refractivity contribution in [1.29, 1.82) is 0 Å².